The van der Waals surface area contributed by atoms with Gasteiger partial charge in [-0.3, -0.25) is 0 Å². The van der Waals surface area contributed by atoms with Gasteiger partial charge < -0.3 is 5.11 Å². The second-order valence-corrected chi connectivity index (χ2v) is 6.58. The first-order valence-corrected chi connectivity index (χ1v) is 8.05. The van der Waals surface area contributed by atoms with Crippen LogP contribution in [0, 0.1) is 0 Å². The Kier molecular flexibility index (Phi) is 4.94. The van der Waals surface area contributed by atoms with Crippen LogP contribution >= 0.6 is 50.6 Å². The van der Waals surface area contributed by atoms with Gasteiger partial charge in [0.1, 0.15) is 0 Å². The summed E-state index contributed by atoms with van der Waals surface area (Å²) in [6, 6.07) is 7.64. The van der Waals surface area contributed by atoms with E-state index in [4.69, 9.17) is 11.6 Å². The number of thiophene rings is 1. The van der Waals surface area contributed by atoms with E-state index in [1.165, 1.54) is 0 Å². The van der Waals surface area contributed by atoms with Crippen molar-refractivity contribution in [3.63, 3.8) is 0 Å². The zero-order chi connectivity index (χ0) is 12.3. The minimum absolute atomic E-state index is 0.448. The lowest BCUT2D eigenvalue weighted by Crippen LogP contribution is -1.99. The number of halogens is 2. The van der Waals surface area contributed by atoms with Crippen molar-refractivity contribution < 1.29 is 5.11 Å². The van der Waals surface area contributed by atoms with Gasteiger partial charge in [0, 0.05) is 31.1 Å². The lowest BCUT2D eigenvalue weighted by molar-refractivity contribution is 0.204. The summed E-state index contributed by atoms with van der Waals surface area (Å²) in [6.07, 6.45) is -0.448. The Labute approximate surface area is 122 Å². The van der Waals surface area contributed by atoms with Gasteiger partial charge in [-0.2, -0.15) is 11.3 Å². The molecule has 0 amide bonds. The highest BCUT2D eigenvalue weighted by atomic mass is 79.9. The van der Waals surface area contributed by atoms with Crippen molar-refractivity contribution in [2.45, 2.75) is 11.0 Å². The van der Waals surface area contributed by atoms with Gasteiger partial charge in [-0.15, -0.1) is 11.8 Å². The van der Waals surface area contributed by atoms with Crippen LogP contribution in [0.2, 0.25) is 5.02 Å². The van der Waals surface area contributed by atoms with E-state index in [-0.39, 0.29) is 0 Å². The molecule has 17 heavy (non-hydrogen) atoms. The van der Waals surface area contributed by atoms with Crippen molar-refractivity contribution in [1.82, 2.24) is 0 Å². The molecule has 90 valence electrons. The quantitative estimate of drug-likeness (QED) is 0.785. The van der Waals surface area contributed by atoms with Gasteiger partial charge in [0.2, 0.25) is 0 Å². The lowest BCUT2D eigenvalue weighted by Gasteiger charge is -2.09. The van der Waals surface area contributed by atoms with Crippen molar-refractivity contribution in [3.8, 4) is 0 Å². The van der Waals surface area contributed by atoms with E-state index in [0.29, 0.717) is 5.75 Å². The smallest absolute Gasteiger partial charge is 0.0902 e. The monoisotopic (exact) mass is 348 g/mol. The molecule has 0 radical (unpaired) electrons. The van der Waals surface area contributed by atoms with Gasteiger partial charge in [0.05, 0.1) is 6.10 Å². The first-order chi connectivity index (χ1) is 8.16. The molecule has 1 aromatic heterocycles. The third-order valence-corrected chi connectivity index (χ3v) is 5.31. The fraction of sp³-hybridized carbons (Fsp3) is 0.167. The van der Waals surface area contributed by atoms with Crippen LogP contribution in [-0.2, 0) is 0 Å². The number of hydrogen-bond acceptors (Lipinski definition) is 3. The molecule has 0 saturated heterocycles. The van der Waals surface area contributed by atoms with Crippen molar-refractivity contribution in [3.05, 3.63) is 50.1 Å². The average Bonchev–Trinajstić information content (AvgIpc) is 2.74. The van der Waals surface area contributed by atoms with Crippen molar-refractivity contribution in [2.24, 2.45) is 0 Å². The second-order valence-electron chi connectivity index (χ2n) is 3.46. The molecule has 2 aromatic rings. The molecule has 1 N–H and O–H groups in total. The summed E-state index contributed by atoms with van der Waals surface area (Å²) in [6.45, 7) is 0. The standard InChI is InChI=1S/C12H10BrClOS2/c13-11-6-16-5-10(11)12(15)7-17-9-3-1-8(14)2-4-9/h1-6,12,15H,7H2. The van der Waals surface area contributed by atoms with Crippen LogP contribution < -0.4 is 0 Å². The molecule has 0 aliphatic rings. The summed E-state index contributed by atoms with van der Waals surface area (Å²) in [4.78, 5) is 1.11. The largest absolute Gasteiger partial charge is 0.387 e. The molecule has 1 atom stereocenters. The molecular formula is C12H10BrClOS2. The van der Waals surface area contributed by atoms with Crippen molar-refractivity contribution in [1.29, 1.82) is 0 Å². The summed E-state index contributed by atoms with van der Waals surface area (Å²) in [7, 11) is 0. The number of benzene rings is 1. The molecule has 1 nitrogen and oxygen atoms in total. The maximum absolute atomic E-state index is 10.0. The van der Waals surface area contributed by atoms with E-state index < -0.39 is 6.10 Å². The Bertz CT molecular complexity index is 484. The van der Waals surface area contributed by atoms with E-state index in [1.807, 2.05) is 35.0 Å². The fourth-order valence-electron chi connectivity index (χ4n) is 1.32. The molecule has 0 saturated carbocycles. The predicted molar refractivity (Wildman–Crippen MR) is 79.2 cm³/mol. The summed E-state index contributed by atoms with van der Waals surface area (Å²) >= 11 is 12.4. The summed E-state index contributed by atoms with van der Waals surface area (Å²) in [5.74, 6) is 0.636. The van der Waals surface area contributed by atoms with Gasteiger partial charge in [-0.1, -0.05) is 11.6 Å². The molecule has 0 bridgehead atoms. The highest BCUT2D eigenvalue weighted by molar-refractivity contribution is 9.10. The lowest BCUT2D eigenvalue weighted by atomic mass is 10.2. The third kappa shape index (κ3) is 3.73. The molecular weight excluding hydrogens is 340 g/mol. The molecule has 0 fully saturated rings. The number of aliphatic hydroxyl groups is 1. The van der Waals surface area contributed by atoms with Gasteiger partial charge >= 0.3 is 0 Å². The molecule has 1 aromatic carbocycles. The van der Waals surface area contributed by atoms with E-state index in [2.05, 4.69) is 15.9 Å². The number of thioether (sulfide) groups is 1. The van der Waals surface area contributed by atoms with Gasteiger partial charge in [0.15, 0.2) is 0 Å². The normalized spacial score (nSPS) is 12.6. The maximum atomic E-state index is 10.0. The molecule has 1 heterocycles. The van der Waals surface area contributed by atoms with Crippen LogP contribution in [0.25, 0.3) is 0 Å². The molecule has 0 aliphatic carbocycles. The van der Waals surface area contributed by atoms with Gasteiger partial charge in [-0.05, 0) is 45.6 Å². The Morgan fingerprint density at radius 2 is 2.00 bits per heavy atom. The van der Waals surface area contributed by atoms with Crippen LogP contribution in [0.3, 0.4) is 0 Å². The first-order valence-electron chi connectivity index (χ1n) is 4.95. The van der Waals surface area contributed by atoms with Crippen LogP contribution in [0.5, 0.6) is 0 Å². The van der Waals surface area contributed by atoms with Crippen LogP contribution in [-0.4, -0.2) is 10.9 Å². The number of aliphatic hydroxyl groups excluding tert-OH is 1. The van der Waals surface area contributed by atoms with E-state index in [9.17, 15) is 5.11 Å². The molecule has 2 rings (SSSR count). The van der Waals surface area contributed by atoms with E-state index >= 15 is 0 Å². The minimum Gasteiger partial charge on any atom is -0.387 e. The first kappa shape index (κ1) is 13.4. The molecule has 0 spiro atoms. The second kappa shape index (κ2) is 6.25. The minimum atomic E-state index is -0.448. The van der Waals surface area contributed by atoms with Crippen LogP contribution in [0.1, 0.15) is 11.7 Å². The molecule has 1 unspecified atom stereocenters. The topological polar surface area (TPSA) is 20.2 Å². The highest BCUT2D eigenvalue weighted by Gasteiger charge is 2.12. The zero-order valence-corrected chi connectivity index (χ0v) is 12.7. The fourth-order valence-corrected chi connectivity index (χ4v) is 3.92. The highest BCUT2D eigenvalue weighted by Crippen LogP contribution is 2.31. The Balaban J connectivity index is 1.94. The Morgan fingerprint density at radius 1 is 1.29 bits per heavy atom. The van der Waals surface area contributed by atoms with Crippen molar-refractivity contribution in [2.75, 3.05) is 5.75 Å². The Hall–Kier alpha value is -0.000000000000000111. The van der Waals surface area contributed by atoms with Crippen molar-refractivity contribution >= 4 is 50.6 Å². The van der Waals surface area contributed by atoms with Gasteiger partial charge in [0.25, 0.3) is 0 Å². The third-order valence-electron chi connectivity index (χ3n) is 2.22. The average molecular weight is 350 g/mol. The zero-order valence-electron chi connectivity index (χ0n) is 8.77. The number of rotatable bonds is 4. The van der Waals surface area contributed by atoms with Gasteiger partial charge in [-0.25, -0.2) is 0 Å². The summed E-state index contributed by atoms with van der Waals surface area (Å²) < 4.78 is 0.978. The van der Waals surface area contributed by atoms with E-state index in [1.54, 1.807) is 23.1 Å². The summed E-state index contributed by atoms with van der Waals surface area (Å²) in [5, 5.41) is 14.7. The van der Waals surface area contributed by atoms with Crippen LogP contribution in [0.15, 0.2) is 44.4 Å². The van der Waals surface area contributed by atoms with Crippen LogP contribution in [0.4, 0.5) is 0 Å². The van der Waals surface area contributed by atoms with E-state index in [0.717, 1.165) is 20.0 Å². The SMILES string of the molecule is OC(CSc1ccc(Cl)cc1)c1cscc1Br. The molecule has 0 aliphatic heterocycles. The summed E-state index contributed by atoms with van der Waals surface area (Å²) in [5.41, 5.74) is 0.955. The molecule has 5 heteroatoms. The Morgan fingerprint density at radius 3 is 2.59 bits per heavy atom. The maximum Gasteiger partial charge on any atom is 0.0902 e. The number of hydrogen-bond donors (Lipinski definition) is 1. The predicted octanol–water partition coefficient (Wildman–Crippen LogP) is 4.99.